The van der Waals surface area contributed by atoms with Crippen molar-refractivity contribution in [1.29, 1.82) is 0 Å². The Labute approximate surface area is 191 Å². The zero-order chi connectivity index (χ0) is 23.7. The van der Waals surface area contributed by atoms with Gasteiger partial charge in [-0.05, 0) is 36.5 Å². The Kier molecular flexibility index (Phi) is 6.50. The van der Waals surface area contributed by atoms with Crippen LogP contribution in [0.1, 0.15) is 31.9 Å². The zero-order valence-corrected chi connectivity index (χ0v) is 18.7. The van der Waals surface area contributed by atoms with Crippen LogP contribution in [0.5, 0.6) is 0 Å². The Hall–Kier alpha value is -3.21. The average molecular weight is 456 g/mol. The minimum absolute atomic E-state index is 0.00645. The van der Waals surface area contributed by atoms with Gasteiger partial charge in [-0.2, -0.15) is 5.23 Å². The van der Waals surface area contributed by atoms with Crippen LogP contribution in [-0.2, 0) is 11.3 Å². The summed E-state index contributed by atoms with van der Waals surface area (Å²) < 4.78 is 1.81. The number of amides is 3. The molecule has 1 aromatic carbocycles. The predicted molar refractivity (Wildman–Crippen MR) is 121 cm³/mol. The Morgan fingerprint density at radius 2 is 1.85 bits per heavy atom. The SMILES string of the molecule is CC(C)[C@H](NC(=O)N1C[C@H]2C[C@@H](C1)c1cccc(=O)n1C2)C(=O)Nc1ccc([NH+]([O-])O)cc1. The minimum atomic E-state index is -1.04. The van der Waals surface area contributed by atoms with E-state index in [0.717, 1.165) is 12.1 Å². The Morgan fingerprint density at radius 3 is 2.52 bits per heavy atom. The summed E-state index contributed by atoms with van der Waals surface area (Å²) in [4.78, 5) is 39.9. The fraction of sp³-hybridized carbons (Fsp3) is 0.435. The number of fused-ring (bicyclic) bond motifs is 4. The number of piperidine rings is 1. The maximum Gasteiger partial charge on any atom is 0.318 e. The Morgan fingerprint density at radius 1 is 1.12 bits per heavy atom. The van der Waals surface area contributed by atoms with Crippen LogP contribution in [0, 0.1) is 17.0 Å². The third-order valence-corrected chi connectivity index (χ3v) is 6.39. The normalized spacial score (nSPS) is 21.2. The van der Waals surface area contributed by atoms with E-state index in [9.17, 15) is 19.6 Å². The van der Waals surface area contributed by atoms with Crippen LogP contribution in [0.2, 0.25) is 0 Å². The summed E-state index contributed by atoms with van der Waals surface area (Å²) in [7, 11) is 0. The van der Waals surface area contributed by atoms with Crippen LogP contribution in [0.25, 0.3) is 0 Å². The van der Waals surface area contributed by atoms with Crippen molar-refractivity contribution in [2.45, 2.75) is 38.8 Å². The summed E-state index contributed by atoms with van der Waals surface area (Å²) in [6.07, 6.45) is 0.938. The van der Waals surface area contributed by atoms with Crippen LogP contribution in [0.15, 0.2) is 47.3 Å². The second kappa shape index (κ2) is 9.34. The third kappa shape index (κ3) is 4.92. The summed E-state index contributed by atoms with van der Waals surface area (Å²) in [5.74, 6) is -0.233. The van der Waals surface area contributed by atoms with Crippen molar-refractivity contribution in [3.05, 3.63) is 63.7 Å². The van der Waals surface area contributed by atoms with E-state index < -0.39 is 11.3 Å². The van der Waals surface area contributed by atoms with Gasteiger partial charge in [0.05, 0.1) is 0 Å². The van der Waals surface area contributed by atoms with Gasteiger partial charge in [0.1, 0.15) is 6.04 Å². The molecule has 1 aromatic heterocycles. The van der Waals surface area contributed by atoms with Gasteiger partial charge in [-0.25, -0.2) is 10.0 Å². The van der Waals surface area contributed by atoms with Crippen LogP contribution < -0.4 is 21.4 Å². The molecule has 4 rings (SSSR count). The molecule has 33 heavy (non-hydrogen) atoms. The zero-order valence-electron chi connectivity index (χ0n) is 18.7. The number of likely N-dealkylation sites (tertiary alicyclic amines) is 1. The molecule has 0 saturated carbocycles. The van der Waals surface area contributed by atoms with Crippen molar-refractivity contribution >= 4 is 23.3 Å². The molecule has 1 fully saturated rings. The van der Waals surface area contributed by atoms with E-state index in [0.29, 0.717) is 25.3 Å². The number of carbonyl (C=O) groups is 2. The number of benzene rings is 1. The fourth-order valence-corrected chi connectivity index (χ4v) is 4.74. The number of nitrogens with zero attached hydrogens (tertiary/aromatic N) is 2. The molecule has 2 aliphatic rings. The van der Waals surface area contributed by atoms with E-state index in [-0.39, 0.29) is 40.9 Å². The smallest absolute Gasteiger partial charge is 0.318 e. The number of hydrogen-bond donors (Lipinski definition) is 4. The number of hydrogen-bond acceptors (Lipinski definition) is 5. The molecule has 0 radical (unpaired) electrons. The van der Waals surface area contributed by atoms with Crippen LogP contribution in [0.3, 0.4) is 0 Å². The highest BCUT2D eigenvalue weighted by Gasteiger charge is 2.37. The average Bonchev–Trinajstić information content (AvgIpc) is 2.78. The molecule has 4 N–H and O–H groups in total. The molecule has 10 heteroatoms. The molecule has 1 saturated heterocycles. The number of quaternary nitrogens is 1. The Bertz CT molecular complexity index is 1080. The molecular weight excluding hydrogens is 426 g/mol. The molecule has 1 unspecified atom stereocenters. The van der Waals surface area contributed by atoms with Gasteiger partial charge in [0.2, 0.25) is 5.91 Å². The molecular formula is C23H29N5O5. The first kappa shape index (κ1) is 23.0. The van der Waals surface area contributed by atoms with E-state index in [2.05, 4.69) is 10.6 Å². The second-order valence-corrected chi connectivity index (χ2v) is 9.15. The fourth-order valence-electron chi connectivity index (χ4n) is 4.74. The number of urea groups is 1. The van der Waals surface area contributed by atoms with Crippen molar-refractivity contribution in [3.8, 4) is 0 Å². The number of pyridine rings is 1. The van der Waals surface area contributed by atoms with Crippen molar-refractivity contribution < 1.29 is 20.0 Å². The molecule has 3 heterocycles. The van der Waals surface area contributed by atoms with Gasteiger partial charge in [-0.3, -0.25) is 9.59 Å². The molecule has 4 atom stereocenters. The lowest BCUT2D eigenvalue weighted by molar-refractivity contribution is -0.991. The monoisotopic (exact) mass is 455 g/mol. The predicted octanol–water partition coefficient (Wildman–Crippen LogP) is 1.04. The van der Waals surface area contributed by atoms with Gasteiger partial charge in [-0.15, -0.1) is 0 Å². The summed E-state index contributed by atoms with van der Waals surface area (Å²) in [5, 5.41) is 24.6. The molecule has 0 aliphatic carbocycles. The number of anilines is 1. The van der Waals surface area contributed by atoms with Gasteiger partial charge in [0, 0.05) is 55.1 Å². The second-order valence-electron chi connectivity index (χ2n) is 9.15. The molecule has 2 aromatic rings. The van der Waals surface area contributed by atoms with E-state index in [1.165, 1.54) is 24.3 Å². The van der Waals surface area contributed by atoms with Crippen molar-refractivity contribution in [2.24, 2.45) is 11.8 Å². The maximum atomic E-state index is 13.1. The van der Waals surface area contributed by atoms with Gasteiger partial charge in [-0.1, -0.05) is 19.9 Å². The highest BCUT2D eigenvalue weighted by molar-refractivity contribution is 5.97. The first-order valence-corrected chi connectivity index (χ1v) is 11.1. The standard InChI is InChI=1S/C23H29N5O5/c1-14(2)21(22(30)24-17-6-8-18(9-7-17)28(32)33)25-23(31)26-11-15-10-16(13-26)19-4-3-5-20(29)27(19)12-15/h3-9,14-16,21,28,32H,10-13H2,1-2H3,(H,24,30)(H,25,31)/t15-,16+,21+/m1/s1. The largest absolute Gasteiger partial charge is 0.595 e. The number of nitrogens with one attached hydrogen (secondary N) is 3. The van der Waals surface area contributed by atoms with Crippen LogP contribution in [0.4, 0.5) is 16.2 Å². The summed E-state index contributed by atoms with van der Waals surface area (Å²) >= 11 is 0. The van der Waals surface area contributed by atoms with E-state index in [1.54, 1.807) is 17.0 Å². The molecule has 0 spiro atoms. The van der Waals surface area contributed by atoms with Gasteiger partial charge < -0.3 is 25.3 Å². The van der Waals surface area contributed by atoms with Crippen LogP contribution in [-0.4, -0.2) is 45.7 Å². The lowest BCUT2D eigenvalue weighted by Gasteiger charge is -2.43. The topological polar surface area (TPSA) is 131 Å². The molecule has 2 bridgehead atoms. The highest BCUT2D eigenvalue weighted by atomic mass is 16.8. The van der Waals surface area contributed by atoms with Crippen molar-refractivity contribution in [3.63, 3.8) is 0 Å². The summed E-state index contributed by atoms with van der Waals surface area (Å²) in [6, 6.07) is 10.1. The number of aromatic nitrogens is 1. The summed E-state index contributed by atoms with van der Waals surface area (Å²) in [6.45, 7) is 5.33. The van der Waals surface area contributed by atoms with Gasteiger partial charge in [0.15, 0.2) is 5.69 Å². The lowest BCUT2D eigenvalue weighted by atomic mass is 9.83. The molecule has 176 valence electrons. The highest BCUT2D eigenvalue weighted by Crippen LogP contribution is 2.34. The first-order chi connectivity index (χ1) is 15.7. The van der Waals surface area contributed by atoms with Gasteiger partial charge >= 0.3 is 6.03 Å². The van der Waals surface area contributed by atoms with E-state index >= 15 is 0 Å². The van der Waals surface area contributed by atoms with Gasteiger partial charge in [0.25, 0.3) is 5.56 Å². The minimum Gasteiger partial charge on any atom is -0.595 e. The molecule has 3 amide bonds. The molecule has 10 nitrogen and oxygen atoms in total. The summed E-state index contributed by atoms with van der Waals surface area (Å²) in [5.41, 5.74) is 1.54. The third-order valence-electron chi connectivity index (χ3n) is 6.39. The quantitative estimate of drug-likeness (QED) is 0.501. The van der Waals surface area contributed by atoms with Crippen molar-refractivity contribution in [2.75, 3.05) is 18.4 Å². The molecule has 2 aliphatic heterocycles. The van der Waals surface area contributed by atoms with E-state index in [4.69, 9.17) is 5.21 Å². The lowest BCUT2D eigenvalue weighted by Crippen LogP contribution is -2.99. The first-order valence-electron chi connectivity index (χ1n) is 11.1. The number of rotatable bonds is 5. The van der Waals surface area contributed by atoms with Crippen LogP contribution >= 0.6 is 0 Å². The van der Waals surface area contributed by atoms with E-state index in [1.807, 2.05) is 24.5 Å². The Balaban J connectivity index is 1.42. The maximum absolute atomic E-state index is 13.1. The number of carbonyl (C=O) groups excluding carboxylic acids is 2. The van der Waals surface area contributed by atoms with Crippen molar-refractivity contribution in [1.82, 2.24) is 14.8 Å².